The van der Waals surface area contributed by atoms with Gasteiger partial charge in [-0.25, -0.2) is 0 Å². The highest BCUT2D eigenvalue weighted by atomic mass is 16.2. The van der Waals surface area contributed by atoms with Gasteiger partial charge in [-0.1, -0.05) is 18.9 Å². The first-order valence-corrected chi connectivity index (χ1v) is 3.80. The predicted octanol–water partition coefficient (Wildman–Crippen LogP) is 1.05. The summed E-state index contributed by atoms with van der Waals surface area (Å²) in [4.78, 5) is 0. The molecule has 2 heteroatoms. The molecule has 1 unspecified atom stereocenters. The maximum atomic E-state index is 8.44. The van der Waals surface area contributed by atoms with Crippen LogP contribution in [0.25, 0.3) is 0 Å². The maximum Gasteiger partial charge on any atom is 0.0431 e. The van der Waals surface area contributed by atoms with Gasteiger partial charge in [-0.2, -0.15) is 0 Å². The standard InChI is InChI=1S/C8H17NO/c1-2-8(9)6-4-3-5-7-10/h2,8,10H,1,3-7,9H2. The minimum atomic E-state index is 0.138. The second-order valence-corrected chi connectivity index (χ2v) is 2.47. The van der Waals surface area contributed by atoms with Crippen molar-refractivity contribution in [2.75, 3.05) is 6.61 Å². The van der Waals surface area contributed by atoms with Gasteiger partial charge in [0.1, 0.15) is 0 Å². The molecule has 0 aromatic rings. The summed E-state index contributed by atoms with van der Waals surface area (Å²) in [6.45, 7) is 3.88. The van der Waals surface area contributed by atoms with E-state index < -0.39 is 0 Å². The molecule has 0 spiro atoms. The minimum Gasteiger partial charge on any atom is -0.396 e. The Kier molecular flexibility index (Phi) is 6.55. The van der Waals surface area contributed by atoms with Crippen LogP contribution in [-0.4, -0.2) is 17.8 Å². The molecule has 0 saturated heterocycles. The molecule has 0 aromatic heterocycles. The van der Waals surface area contributed by atoms with Crippen molar-refractivity contribution in [3.63, 3.8) is 0 Å². The van der Waals surface area contributed by atoms with Crippen LogP contribution in [0.3, 0.4) is 0 Å². The predicted molar refractivity (Wildman–Crippen MR) is 43.7 cm³/mol. The lowest BCUT2D eigenvalue weighted by molar-refractivity contribution is 0.282. The van der Waals surface area contributed by atoms with Gasteiger partial charge in [0, 0.05) is 12.6 Å². The van der Waals surface area contributed by atoms with E-state index in [0.717, 1.165) is 25.7 Å². The molecule has 0 heterocycles. The molecule has 0 fully saturated rings. The van der Waals surface area contributed by atoms with Crippen LogP contribution in [0.15, 0.2) is 12.7 Å². The molecule has 0 aliphatic heterocycles. The van der Waals surface area contributed by atoms with E-state index in [9.17, 15) is 0 Å². The third kappa shape index (κ3) is 5.79. The van der Waals surface area contributed by atoms with Gasteiger partial charge in [0.05, 0.1) is 0 Å². The first-order chi connectivity index (χ1) is 4.81. The van der Waals surface area contributed by atoms with Crippen LogP contribution in [0.1, 0.15) is 25.7 Å². The third-order valence-corrected chi connectivity index (χ3v) is 1.50. The SMILES string of the molecule is C=CC(N)CCCCCO. The number of aliphatic hydroxyl groups is 1. The summed E-state index contributed by atoms with van der Waals surface area (Å²) in [6.07, 6.45) is 5.80. The van der Waals surface area contributed by atoms with E-state index in [1.54, 1.807) is 6.08 Å². The Morgan fingerprint density at radius 1 is 1.40 bits per heavy atom. The summed E-state index contributed by atoms with van der Waals surface area (Å²) in [6, 6.07) is 0.138. The molecule has 0 aliphatic rings. The number of rotatable bonds is 6. The largest absolute Gasteiger partial charge is 0.396 e. The van der Waals surface area contributed by atoms with Crippen LogP contribution in [0.5, 0.6) is 0 Å². The van der Waals surface area contributed by atoms with Crippen molar-refractivity contribution in [2.45, 2.75) is 31.7 Å². The van der Waals surface area contributed by atoms with Crippen molar-refractivity contribution in [3.05, 3.63) is 12.7 Å². The number of unbranched alkanes of at least 4 members (excludes halogenated alkanes) is 2. The zero-order chi connectivity index (χ0) is 7.82. The maximum absolute atomic E-state index is 8.44. The van der Waals surface area contributed by atoms with Gasteiger partial charge >= 0.3 is 0 Å². The molecule has 2 nitrogen and oxygen atoms in total. The zero-order valence-electron chi connectivity index (χ0n) is 6.42. The Balaban J connectivity index is 2.95. The Labute approximate surface area is 62.7 Å². The summed E-state index contributed by atoms with van der Waals surface area (Å²) in [7, 11) is 0. The van der Waals surface area contributed by atoms with Gasteiger partial charge in [0.2, 0.25) is 0 Å². The topological polar surface area (TPSA) is 46.2 Å². The lowest BCUT2D eigenvalue weighted by atomic mass is 10.1. The van der Waals surface area contributed by atoms with Crippen LogP contribution in [0, 0.1) is 0 Å². The summed E-state index contributed by atoms with van der Waals surface area (Å²) in [5.74, 6) is 0. The average molecular weight is 143 g/mol. The fourth-order valence-electron chi connectivity index (χ4n) is 0.786. The van der Waals surface area contributed by atoms with Crippen molar-refractivity contribution >= 4 is 0 Å². The highest BCUT2D eigenvalue weighted by Crippen LogP contribution is 2.01. The molecule has 60 valence electrons. The van der Waals surface area contributed by atoms with Gasteiger partial charge < -0.3 is 10.8 Å². The van der Waals surface area contributed by atoms with E-state index in [4.69, 9.17) is 10.8 Å². The third-order valence-electron chi connectivity index (χ3n) is 1.50. The fourth-order valence-corrected chi connectivity index (χ4v) is 0.786. The van der Waals surface area contributed by atoms with Crippen LogP contribution in [-0.2, 0) is 0 Å². The first kappa shape index (κ1) is 9.66. The lowest BCUT2D eigenvalue weighted by Crippen LogP contribution is -2.15. The highest BCUT2D eigenvalue weighted by Gasteiger charge is 1.94. The second kappa shape index (κ2) is 6.78. The van der Waals surface area contributed by atoms with E-state index in [0.29, 0.717) is 6.61 Å². The molecular weight excluding hydrogens is 126 g/mol. The van der Waals surface area contributed by atoms with Gasteiger partial charge in [-0.15, -0.1) is 6.58 Å². The van der Waals surface area contributed by atoms with Gasteiger partial charge in [-0.05, 0) is 12.8 Å². The highest BCUT2D eigenvalue weighted by molar-refractivity contribution is 4.81. The quantitative estimate of drug-likeness (QED) is 0.431. The molecular formula is C8H17NO. The van der Waals surface area contributed by atoms with Crippen LogP contribution >= 0.6 is 0 Å². The van der Waals surface area contributed by atoms with Crippen molar-refractivity contribution in [1.82, 2.24) is 0 Å². The number of aliphatic hydroxyl groups excluding tert-OH is 1. The van der Waals surface area contributed by atoms with Crippen LogP contribution in [0.4, 0.5) is 0 Å². The smallest absolute Gasteiger partial charge is 0.0431 e. The zero-order valence-corrected chi connectivity index (χ0v) is 6.42. The fraction of sp³-hybridized carbons (Fsp3) is 0.750. The van der Waals surface area contributed by atoms with Crippen molar-refractivity contribution in [2.24, 2.45) is 5.73 Å². The lowest BCUT2D eigenvalue weighted by Gasteiger charge is -2.03. The van der Waals surface area contributed by atoms with Crippen molar-refractivity contribution < 1.29 is 5.11 Å². The summed E-state index contributed by atoms with van der Waals surface area (Å²) >= 11 is 0. The molecule has 0 aromatic carbocycles. The van der Waals surface area contributed by atoms with Crippen molar-refractivity contribution in [3.8, 4) is 0 Å². The van der Waals surface area contributed by atoms with E-state index in [1.807, 2.05) is 0 Å². The summed E-state index contributed by atoms with van der Waals surface area (Å²) < 4.78 is 0. The number of nitrogens with two attached hydrogens (primary N) is 1. The molecule has 0 amide bonds. The van der Waals surface area contributed by atoms with E-state index >= 15 is 0 Å². The van der Waals surface area contributed by atoms with Gasteiger partial charge in [0.25, 0.3) is 0 Å². The molecule has 0 bridgehead atoms. The molecule has 0 radical (unpaired) electrons. The molecule has 0 rings (SSSR count). The van der Waals surface area contributed by atoms with E-state index in [-0.39, 0.29) is 6.04 Å². The number of hydrogen-bond donors (Lipinski definition) is 2. The Morgan fingerprint density at radius 3 is 2.60 bits per heavy atom. The normalized spacial score (nSPS) is 13.0. The van der Waals surface area contributed by atoms with Crippen LogP contribution < -0.4 is 5.73 Å². The van der Waals surface area contributed by atoms with Gasteiger partial charge in [0.15, 0.2) is 0 Å². The van der Waals surface area contributed by atoms with E-state index in [2.05, 4.69) is 6.58 Å². The van der Waals surface area contributed by atoms with Gasteiger partial charge in [-0.3, -0.25) is 0 Å². The summed E-state index contributed by atoms with van der Waals surface area (Å²) in [5.41, 5.74) is 5.57. The second-order valence-electron chi connectivity index (χ2n) is 2.47. The average Bonchev–Trinajstić information content (AvgIpc) is 1.98. The number of hydrogen-bond acceptors (Lipinski definition) is 2. The molecule has 1 atom stereocenters. The first-order valence-electron chi connectivity index (χ1n) is 3.80. The Morgan fingerprint density at radius 2 is 2.10 bits per heavy atom. The molecule has 0 aliphatic carbocycles. The molecule has 3 N–H and O–H groups in total. The van der Waals surface area contributed by atoms with E-state index in [1.165, 1.54) is 0 Å². The molecule has 10 heavy (non-hydrogen) atoms. The van der Waals surface area contributed by atoms with Crippen molar-refractivity contribution in [1.29, 1.82) is 0 Å². The Bertz CT molecular complexity index is 83.3. The monoisotopic (exact) mass is 143 g/mol. The van der Waals surface area contributed by atoms with Crippen LogP contribution in [0.2, 0.25) is 0 Å². The minimum absolute atomic E-state index is 0.138. The summed E-state index contributed by atoms with van der Waals surface area (Å²) in [5, 5.41) is 8.44. The Hall–Kier alpha value is -0.340. The molecule has 0 saturated carbocycles.